The molecule has 0 radical (unpaired) electrons. The number of aryl methyl sites for hydroxylation is 3. The van der Waals surface area contributed by atoms with E-state index in [1.165, 1.54) is 22.3 Å². The molecule has 104 valence electrons. The molecule has 1 aromatic heterocycles. The van der Waals surface area contributed by atoms with E-state index in [-0.39, 0.29) is 5.82 Å². The number of primary amides is 1. The minimum atomic E-state index is -0.602. The highest BCUT2D eigenvalue weighted by Crippen LogP contribution is 2.30. The first kappa shape index (κ1) is 14.2. The Morgan fingerprint density at radius 1 is 0.950 bits per heavy atom. The van der Waals surface area contributed by atoms with Crippen molar-refractivity contribution < 1.29 is 4.79 Å². The number of nitrogens with two attached hydrogens (primary N) is 1. The standard InChI is InChI=1S/C16H19N3O/c1-8-6-9(2)12(5)14(11(8)4)13-7-10(3)18-16(19-13)15(17)20/h6-7H,1-5H3,(H2,17,20). The van der Waals surface area contributed by atoms with Crippen LogP contribution >= 0.6 is 0 Å². The summed E-state index contributed by atoms with van der Waals surface area (Å²) in [7, 11) is 0. The van der Waals surface area contributed by atoms with Gasteiger partial charge in [0.2, 0.25) is 5.82 Å². The number of amides is 1. The molecule has 0 saturated carbocycles. The molecule has 0 saturated heterocycles. The van der Waals surface area contributed by atoms with Crippen molar-refractivity contribution in [1.82, 2.24) is 9.97 Å². The van der Waals surface area contributed by atoms with Gasteiger partial charge in [0.05, 0.1) is 5.69 Å². The fourth-order valence-corrected chi connectivity index (χ4v) is 2.41. The van der Waals surface area contributed by atoms with Gasteiger partial charge in [0, 0.05) is 11.3 Å². The molecule has 1 amide bonds. The highest BCUT2D eigenvalue weighted by Gasteiger charge is 2.15. The lowest BCUT2D eigenvalue weighted by molar-refractivity contribution is 0.0990. The highest BCUT2D eigenvalue weighted by molar-refractivity contribution is 5.89. The van der Waals surface area contributed by atoms with Gasteiger partial charge >= 0.3 is 0 Å². The van der Waals surface area contributed by atoms with E-state index in [4.69, 9.17) is 5.73 Å². The van der Waals surface area contributed by atoms with Crippen LogP contribution in [-0.2, 0) is 0 Å². The summed E-state index contributed by atoms with van der Waals surface area (Å²) < 4.78 is 0. The Morgan fingerprint density at radius 3 is 2.00 bits per heavy atom. The predicted molar refractivity (Wildman–Crippen MR) is 79.7 cm³/mol. The number of carbonyl (C=O) groups excluding carboxylic acids is 1. The van der Waals surface area contributed by atoms with Crippen molar-refractivity contribution in [3.63, 3.8) is 0 Å². The summed E-state index contributed by atoms with van der Waals surface area (Å²) in [5.74, 6) is -0.535. The van der Waals surface area contributed by atoms with Gasteiger partial charge in [-0.05, 0) is 62.9 Å². The molecule has 0 spiro atoms. The molecule has 0 unspecified atom stereocenters. The van der Waals surface area contributed by atoms with E-state index in [9.17, 15) is 4.79 Å². The molecule has 0 aliphatic rings. The lowest BCUT2D eigenvalue weighted by Crippen LogP contribution is -2.16. The largest absolute Gasteiger partial charge is 0.363 e. The van der Waals surface area contributed by atoms with Gasteiger partial charge < -0.3 is 5.73 Å². The molecule has 0 bridgehead atoms. The van der Waals surface area contributed by atoms with Gasteiger partial charge in [-0.1, -0.05) is 6.07 Å². The number of aromatic nitrogens is 2. The lowest BCUT2D eigenvalue weighted by Gasteiger charge is -2.15. The van der Waals surface area contributed by atoms with Gasteiger partial charge in [0.25, 0.3) is 5.91 Å². The van der Waals surface area contributed by atoms with Crippen LogP contribution in [0.25, 0.3) is 11.3 Å². The molecule has 0 atom stereocenters. The van der Waals surface area contributed by atoms with Gasteiger partial charge in [-0.3, -0.25) is 4.79 Å². The second-order valence-electron chi connectivity index (χ2n) is 5.22. The first-order valence-electron chi connectivity index (χ1n) is 6.54. The summed E-state index contributed by atoms with van der Waals surface area (Å²) in [4.78, 5) is 19.7. The fourth-order valence-electron chi connectivity index (χ4n) is 2.41. The number of rotatable bonds is 2. The highest BCUT2D eigenvalue weighted by atomic mass is 16.1. The van der Waals surface area contributed by atoms with Crippen molar-refractivity contribution in [3.05, 3.63) is 45.9 Å². The molecule has 0 fully saturated rings. The number of carbonyl (C=O) groups is 1. The van der Waals surface area contributed by atoms with Crippen molar-refractivity contribution in [3.8, 4) is 11.3 Å². The molecule has 2 aromatic rings. The molecule has 1 aromatic carbocycles. The second-order valence-corrected chi connectivity index (χ2v) is 5.22. The molecule has 0 aliphatic carbocycles. The van der Waals surface area contributed by atoms with Crippen molar-refractivity contribution in [2.24, 2.45) is 5.73 Å². The van der Waals surface area contributed by atoms with Crippen LogP contribution in [-0.4, -0.2) is 15.9 Å². The van der Waals surface area contributed by atoms with Crippen LogP contribution in [0.1, 0.15) is 38.6 Å². The van der Waals surface area contributed by atoms with E-state index in [1.54, 1.807) is 0 Å². The van der Waals surface area contributed by atoms with Gasteiger partial charge in [0.1, 0.15) is 0 Å². The molecule has 20 heavy (non-hydrogen) atoms. The Kier molecular flexibility index (Phi) is 3.57. The maximum atomic E-state index is 11.3. The third-order valence-electron chi connectivity index (χ3n) is 3.70. The normalized spacial score (nSPS) is 10.7. The van der Waals surface area contributed by atoms with Crippen molar-refractivity contribution in [2.75, 3.05) is 0 Å². The van der Waals surface area contributed by atoms with E-state index in [1.807, 2.05) is 13.0 Å². The Morgan fingerprint density at radius 2 is 1.50 bits per heavy atom. The molecular formula is C16H19N3O. The van der Waals surface area contributed by atoms with Crippen LogP contribution in [0.5, 0.6) is 0 Å². The van der Waals surface area contributed by atoms with Crippen molar-refractivity contribution in [2.45, 2.75) is 34.6 Å². The molecule has 0 aliphatic heterocycles. The molecule has 4 nitrogen and oxygen atoms in total. The lowest BCUT2D eigenvalue weighted by atomic mass is 9.92. The number of benzene rings is 1. The van der Waals surface area contributed by atoms with Gasteiger partial charge in [0.15, 0.2) is 0 Å². The zero-order chi connectivity index (χ0) is 15.0. The number of nitrogens with zero attached hydrogens (tertiary/aromatic N) is 2. The maximum Gasteiger partial charge on any atom is 0.286 e. The Hall–Kier alpha value is -2.23. The minimum Gasteiger partial charge on any atom is -0.363 e. The second kappa shape index (κ2) is 5.04. The van der Waals surface area contributed by atoms with E-state index in [0.29, 0.717) is 0 Å². The first-order chi connectivity index (χ1) is 9.31. The molecule has 4 heteroatoms. The summed E-state index contributed by atoms with van der Waals surface area (Å²) in [5, 5.41) is 0. The quantitative estimate of drug-likeness (QED) is 0.911. The molecule has 2 N–H and O–H groups in total. The Labute approximate surface area is 119 Å². The summed E-state index contributed by atoms with van der Waals surface area (Å²) in [5.41, 5.74) is 12.6. The minimum absolute atomic E-state index is 0.0676. The smallest absolute Gasteiger partial charge is 0.286 e. The number of hydrogen-bond donors (Lipinski definition) is 1. The van der Waals surface area contributed by atoms with Gasteiger partial charge in [-0.2, -0.15) is 0 Å². The molecular weight excluding hydrogens is 250 g/mol. The third-order valence-corrected chi connectivity index (χ3v) is 3.70. The van der Waals surface area contributed by atoms with Crippen LogP contribution in [0.2, 0.25) is 0 Å². The van der Waals surface area contributed by atoms with Crippen LogP contribution in [0, 0.1) is 34.6 Å². The van der Waals surface area contributed by atoms with Gasteiger partial charge in [-0.25, -0.2) is 9.97 Å². The van der Waals surface area contributed by atoms with Crippen molar-refractivity contribution in [1.29, 1.82) is 0 Å². The van der Waals surface area contributed by atoms with Crippen LogP contribution in [0.4, 0.5) is 0 Å². The topological polar surface area (TPSA) is 68.9 Å². The zero-order valence-electron chi connectivity index (χ0n) is 12.5. The van der Waals surface area contributed by atoms with Crippen LogP contribution in [0.15, 0.2) is 12.1 Å². The molecule has 1 heterocycles. The summed E-state index contributed by atoms with van der Waals surface area (Å²) in [6.45, 7) is 10.1. The Balaban J connectivity index is 2.78. The zero-order valence-corrected chi connectivity index (χ0v) is 12.5. The van der Waals surface area contributed by atoms with E-state index >= 15 is 0 Å². The van der Waals surface area contributed by atoms with Crippen LogP contribution in [0.3, 0.4) is 0 Å². The van der Waals surface area contributed by atoms with Crippen molar-refractivity contribution >= 4 is 5.91 Å². The van der Waals surface area contributed by atoms with E-state index in [0.717, 1.165) is 17.0 Å². The SMILES string of the molecule is Cc1cc(-c2c(C)c(C)cc(C)c2C)nc(C(N)=O)n1. The number of hydrogen-bond acceptors (Lipinski definition) is 3. The summed E-state index contributed by atoms with van der Waals surface area (Å²) in [6.07, 6.45) is 0. The van der Waals surface area contributed by atoms with E-state index < -0.39 is 5.91 Å². The predicted octanol–water partition coefficient (Wildman–Crippen LogP) is 2.78. The maximum absolute atomic E-state index is 11.3. The summed E-state index contributed by atoms with van der Waals surface area (Å²) >= 11 is 0. The van der Waals surface area contributed by atoms with Gasteiger partial charge in [-0.15, -0.1) is 0 Å². The molecule has 2 rings (SSSR count). The third kappa shape index (κ3) is 2.41. The fraction of sp³-hybridized carbons (Fsp3) is 0.312. The Bertz CT molecular complexity index is 679. The average Bonchev–Trinajstić information content (AvgIpc) is 2.36. The van der Waals surface area contributed by atoms with Crippen LogP contribution < -0.4 is 5.73 Å². The van der Waals surface area contributed by atoms with E-state index in [2.05, 4.69) is 43.7 Å². The summed E-state index contributed by atoms with van der Waals surface area (Å²) in [6, 6.07) is 4.05. The monoisotopic (exact) mass is 269 g/mol. The first-order valence-corrected chi connectivity index (χ1v) is 6.54. The average molecular weight is 269 g/mol.